The number of nitrogens with one attached hydrogen (secondary N) is 1. The molecule has 0 saturated carbocycles. The first kappa shape index (κ1) is 21.4. The van der Waals surface area contributed by atoms with E-state index in [1.165, 1.54) is 24.8 Å². The Bertz CT molecular complexity index is 996. The van der Waals surface area contributed by atoms with Gasteiger partial charge in [0.25, 0.3) is 5.91 Å². The van der Waals surface area contributed by atoms with Crippen LogP contribution in [-0.4, -0.2) is 10.9 Å². The predicted octanol–water partition coefficient (Wildman–Crippen LogP) is 6.06. The monoisotopic (exact) mass is 403 g/mol. The van der Waals surface area contributed by atoms with Crippen LogP contribution in [0.25, 0.3) is 0 Å². The zero-order chi connectivity index (χ0) is 21.5. The lowest BCUT2D eigenvalue weighted by Crippen LogP contribution is -2.15. The zero-order valence-corrected chi connectivity index (χ0v) is 17.9. The molecule has 0 radical (unpaired) electrons. The van der Waals surface area contributed by atoms with Crippen LogP contribution in [0.5, 0.6) is 11.5 Å². The SMILES string of the molecule is CCCCCc1ccc(Oc2ccc(NC(=O)c3cc(C)c(C)nc3N)cc2)cc1. The van der Waals surface area contributed by atoms with Crippen LogP contribution in [0, 0.1) is 13.8 Å². The van der Waals surface area contributed by atoms with Gasteiger partial charge in [0, 0.05) is 11.4 Å². The van der Waals surface area contributed by atoms with Gasteiger partial charge in [-0.2, -0.15) is 0 Å². The van der Waals surface area contributed by atoms with Gasteiger partial charge in [-0.1, -0.05) is 31.9 Å². The summed E-state index contributed by atoms with van der Waals surface area (Å²) < 4.78 is 5.91. The Morgan fingerprint density at radius 1 is 1.00 bits per heavy atom. The molecule has 0 fully saturated rings. The lowest BCUT2D eigenvalue weighted by atomic mass is 10.1. The van der Waals surface area contributed by atoms with Crippen molar-refractivity contribution >= 4 is 17.4 Å². The largest absolute Gasteiger partial charge is 0.457 e. The van der Waals surface area contributed by atoms with E-state index in [2.05, 4.69) is 29.4 Å². The molecule has 1 amide bonds. The maximum absolute atomic E-state index is 12.5. The Labute approximate surface area is 178 Å². The first-order chi connectivity index (χ1) is 14.5. The standard InChI is InChI=1S/C25H29N3O2/c1-4-5-6-7-19-8-12-21(13-9-19)30-22-14-10-20(11-15-22)28-25(29)23-16-17(2)18(3)27-24(23)26/h8-16H,4-7H2,1-3H3,(H2,26,27)(H,28,29). The molecule has 0 aliphatic carbocycles. The average Bonchev–Trinajstić information content (AvgIpc) is 2.73. The van der Waals surface area contributed by atoms with Crippen LogP contribution in [-0.2, 0) is 6.42 Å². The molecule has 0 atom stereocenters. The van der Waals surface area contributed by atoms with Crippen LogP contribution in [0.2, 0.25) is 0 Å². The van der Waals surface area contributed by atoms with Crippen LogP contribution >= 0.6 is 0 Å². The van der Waals surface area contributed by atoms with Crippen molar-refractivity contribution in [3.8, 4) is 11.5 Å². The number of ether oxygens (including phenoxy) is 1. The molecule has 3 rings (SSSR count). The number of carbonyl (C=O) groups is 1. The molecular weight excluding hydrogens is 374 g/mol. The number of anilines is 2. The van der Waals surface area contributed by atoms with E-state index in [9.17, 15) is 4.79 Å². The number of unbranched alkanes of at least 4 members (excludes halogenated alkanes) is 2. The number of carbonyl (C=O) groups excluding carboxylic acids is 1. The second-order valence-electron chi connectivity index (χ2n) is 7.51. The molecule has 0 spiro atoms. The summed E-state index contributed by atoms with van der Waals surface area (Å²) in [6.45, 7) is 5.98. The van der Waals surface area contributed by atoms with Gasteiger partial charge in [-0.05, 0) is 80.3 Å². The van der Waals surface area contributed by atoms with Gasteiger partial charge in [0.05, 0.1) is 5.56 Å². The summed E-state index contributed by atoms with van der Waals surface area (Å²) >= 11 is 0. The van der Waals surface area contributed by atoms with Crippen molar-refractivity contribution in [2.45, 2.75) is 46.5 Å². The number of pyridine rings is 1. The van der Waals surface area contributed by atoms with Gasteiger partial charge < -0.3 is 15.8 Å². The highest BCUT2D eigenvalue weighted by molar-refractivity contribution is 6.07. The molecule has 5 heteroatoms. The molecule has 0 aliphatic heterocycles. The summed E-state index contributed by atoms with van der Waals surface area (Å²) in [7, 11) is 0. The van der Waals surface area contributed by atoms with E-state index in [1.54, 1.807) is 18.2 Å². The number of hydrogen-bond acceptors (Lipinski definition) is 4. The summed E-state index contributed by atoms with van der Waals surface area (Å²) in [6.07, 6.45) is 4.80. The van der Waals surface area contributed by atoms with Crippen molar-refractivity contribution in [2.75, 3.05) is 11.1 Å². The fourth-order valence-electron chi connectivity index (χ4n) is 3.15. The molecule has 0 saturated heterocycles. The summed E-state index contributed by atoms with van der Waals surface area (Å²) in [5.41, 5.74) is 10.0. The van der Waals surface area contributed by atoms with Gasteiger partial charge in [-0.25, -0.2) is 4.98 Å². The Kier molecular flexibility index (Phi) is 7.07. The van der Waals surface area contributed by atoms with Crippen molar-refractivity contribution in [1.82, 2.24) is 4.98 Å². The van der Waals surface area contributed by atoms with Crippen molar-refractivity contribution in [2.24, 2.45) is 0 Å². The second-order valence-corrected chi connectivity index (χ2v) is 7.51. The van der Waals surface area contributed by atoms with Crippen LogP contribution < -0.4 is 15.8 Å². The van der Waals surface area contributed by atoms with E-state index in [1.807, 2.05) is 38.1 Å². The highest BCUT2D eigenvalue weighted by atomic mass is 16.5. The lowest BCUT2D eigenvalue weighted by Gasteiger charge is -2.11. The molecule has 0 bridgehead atoms. The number of amides is 1. The fraction of sp³-hybridized carbons (Fsp3) is 0.280. The number of hydrogen-bond donors (Lipinski definition) is 2. The first-order valence-corrected chi connectivity index (χ1v) is 10.4. The molecule has 156 valence electrons. The van der Waals surface area contributed by atoms with Crippen LogP contribution in [0.1, 0.15) is 53.4 Å². The number of aryl methyl sites for hydroxylation is 3. The summed E-state index contributed by atoms with van der Waals surface area (Å²) in [4.78, 5) is 16.8. The Morgan fingerprint density at radius 3 is 2.27 bits per heavy atom. The van der Waals surface area contributed by atoms with Crippen molar-refractivity contribution < 1.29 is 9.53 Å². The summed E-state index contributed by atoms with van der Waals surface area (Å²) in [5.74, 6) is 1.45. The number of nitrogens with zero attached hydrogens (tertiary/aromatic N) is 1. The van der Waals surface area contributed by atoms with Crippen molar-refractivity contribution in [3.05, 3.63) is 77.0 Å². The average molecular weight is 404 g/mol. The summed E-state index contributed by atoms with van der Waals surface area (Å²) in [6, 6.07) is 17.2. The first-order valence-electron chi connectivity index (χ1n) is 10.4. The minimum atomic E-state index is -0.282. The van der Waals surface area contributed by atoms with Gasteiger partial charge >= 0.3 is 0 Å². The van der Waals surface area contributed by atoms with E-state index in [0.29, 0.717) is 17.0 Å². The summed E-state index contributed by atoms with van der Waals surface area (Å²) in [5, 5.41) is 2.85. The lowest BCUT2D eigenvalue weighted by molar-refractivity contribution is 0.102. The zero-order valence-electron chi connectivity index (χ0n) is 17.9. The topological polar surface area (TPSA) is 77.2 Å². The molecule has 1 heterocycles. The Hall–Kier alpha value is -3.34. The van der Waals surface area contributed by atoms with Gasteiger partial charge in [-0.15, -0.1) is 0 Å². The van der Waals surface area contributed by atoms with Gasteiger partial charge in [0.1, 0.15) is 17.3 Å². The van der Waals surface area contributed by atoms with E-state index in [4.69, 9.17) is 10.5 Å². The number of nitrogens with two attached hydrogens (primary N) is 1. The fourth-order valence-corrected chi connectivity index (χ4v) is 3.15. The molecule has 0 unspecified atom stereocenters. The molecule has 3 aromatic rings. The molecule has 3 N–H and O–H groups in total. The normalized spacial score (nSPS) is 10.6. The van der Waals surface area contributed by atoms with Gasteiger partial charge in [0.2, 0.25) is 0 Å². The number of aromatic nitrogens is 1. The maximum atomic E-state index is 12.5. The van der Waals surface area contributed by atoms with Crippen LogP contribution in [0.4, 0.5) is 11.5 Å². The van der Waals surface area contributed by atoms with Gasteiger partial charge in [0.15, 0.2) is 0 Å². The smallest absolute Gasteiger partial charge is 0.259 e. The Morgan fingerprint density at radius 2 is 1.63 bits per heavy atom. The van der Waals surface area contributed by atoms with Crippen molar-refractivity contribution in [3.63, 3.8) is 0 Å². The van der Waals surface area contributed by atoms with E-state index in [-0.39, 0.29) is 11.7 Å². The third-order valence-electron chi connectivity index (χ3n) is 5.08. The Balaban J connectivity index is 1.60. The third-order valence-corrected chi connectivity index (χ3v) is 5.08. The molecule has 2 aromatic carbocycles. The van der Waals surface area contributed by atoms with E-state index in [0.717, 1.165) is 23.4 Å². The molecular formula is C25H29N3O2. The highest BCUT2D eigenvalue weighted by Gasteiger charge is 2.13. The molecule has 0 aliphatic rings. The van der Waals surface area contributed by atoms with E-state index < -0.39 is 0 Å². The highest BCUT2D eigenvalue weighted by Crippen LogP contribution is 2.24. The minimum absolute atomic E-state index is 0.230. The maximum Gasteiger partial charge on any atom is 0.259 e. The molecule has 30 heavy (non-hydrogen) atoms. The molecule has 5 nitrogen and oxygen atoms in total. The molecule has 1 aromatic heterocycles. The second kappa shape index (κ2) is 9.92. The number of rotatable bonds is 8. The predicted molar refractivity (Wildman–Crippen MR) is 122 cm³/mol. The van der Waals surface area contributed by atoms with Crippen LogP contribution in [0.15, 0.2) is 54.6 Å². The third kappa shape index (κ3) is 5.60. The quantitative estimate of drug-likeness (QED) is 0.448. The minimum Gasteiger partial charge on any atom is -0.457 e. The number of benzene rings is 2. The number of nitrogen functional groups attached to an aromatic ring is 1. The van der Waals surface area contributed by atoms with E-state index >= 15 is 0 Å². The van der Waals surface area contributed by atoms with Crippen molar-refractivity contribution in [1.29, 1.82) is 0 Å². The van der Waals surface area contributed by atoms with Gasteiger partial charge in [-0.3, -0.25) is 4.79 Å². The van der Waals surface area contributed by atoms with Crippen LogP contribution in [0.3, 0.4) is 0 Å².